The molecule has 0 unspecified atom stereocenters. The quantitative estimate of drug-likeness (QED) is 0.683. The van der Waals surface area contributed by atoms with Gasteiger partial charge in [0.25, 0.3) is 5.56 Å². The summed E-state index contributed by atoms with van der Waals surface area (Å²) in [4.78, 5) is 28.3. The minimum absolute atomic E-state index is 0.0398. The molecular formula is C17H12ClFN2O3. The van der Waals surface area contributed by atoms with Gasteiger partial charge in [-0.1, -0.05) is 23.7 Å². The maximum absolute atomic E-state index is 13.7. The highest BCUT2D eigenvalue weighted by atomic mass is 35.5. The number of nitrogens with zero attached hydrogens (tertiary/aromatic N) is 2. The van der Waals surface area contributed by atoms with Crippen molar-refractivity contribution >= 4 is 23.2 Å². The second kappa shape index (κ2) is 6.41. The summed E-state index contributed by atoms with van der Waals surface area (Å²) in [6.07, 6.45) is 1.67. The Morgan fingerprint density at radius 3 is 2.88 bits per heavy atom. The Balaban J connectivity index is 1.85. The van der Waals surface area contributed by atoms with E-state index in [1.807, 2.05) is 13.0 Å². The molecule has 0 amide bonds. The lowest BCUT2D eigenvalue weighted by Gasteiger charge is -2.08. The zero-order valence-electron chi connectivity index (χ0n) is 12.6. The van der Waals surface area contributed by atoms with Crippen LogP contribution in [-0.2, 0) is 11.3 Å². The molecule has 0 saturated carbocycles. The second-order valence-electron chi connectivity index (χ2n) is 5.19. The summed E-state index contributed by atoms with van der Waals surface area (Å²) in [5.41, 5.74) is 0.985. The maximum Gasteiger partial charge on any atom is 0.343 e. The van der Waals surface area contributed by atoms with Crippen LogP contribution in [0.5, 0.6) is 0 Å². The van der Waals surface area contributed by atoms with Crippen molar-refractivity contribution in [3.05, 3.63) is 80.6 Å². The highest BCUT2D eigenvalue weighted by Crippen LogP contribution is 2.20. The third-order valence-electron chi connectivity index (χ3n) is 3.38. The van der Waals surface area contributed by atoms with Crippen LogP contribution in [0.1, 0.15) is 21.6 Å². The molecule has 0 N–H and O–H groups in total. The summed E-state index contributed by atoms with van der Waals surface area (Å²) in [5, 5.41) is -0.0398. The summed E-state index contributed by atoms with van der Waals surface area (Å²) in [6, 6.07) is 8.67. The van der Waals surface area contributed by atoms with Gasteiger partial charge in [0, 0.05) is 12.3 Å². The molecule has 0 atom stereocenters. The molecule has 0 saturated heterocycles. The van der Waals surface area contributed by atoms with E-state index in [9.17, 15) is 14.0 Å². The summed E-state index contributed by atoms with van der Waals surface area (Å²) in [6.45, 7) is 1.60. The van der Waals surface area contributed by atoms with Crippen LogP contribution in [0.3, 0.4) is 0 Å². The van der Waals surface area contributed by atoms with Crippen molar-refractivity contribution in [2.75, 3.05) is 0 Å². The van der Waals surface area contributed by atoms with Crippen LogP contribution < -0.4 is 5.56 Å². The Hall–Kier alpha value is -2.73. The Kier molecular flexibility index (Phi) is 4.31. The zero-order valence-corrected chi connectivity index (χ0v) is 13.4. The Morgan fingerprint density at radius 1 is 1.33 bits per heavy atom. The number of rotatable bonds is 3. The highest BCUT2D eigenvalue weighted by molar-refractivity contribution is 6.33. The van der Waals surface area contributed by atoms with Crippen molar-refractivity contribution in [3.8, 4) is 0 Å². The van der Waals surface area contributed by atoms with E-state index in [4.69, 9.17) is 16.3 Å². The molecule has 5 nitrogen and oxygen atoms in total. The van der Waals surface area contributed by atoms with Crippen LogP contribution >= 0.6 is 11.6 Å². The lowest BCUT2D eigenvalue weighted by molar-refractivity contribution is 0.0462. The van der Waals surface area contributed by atoms with Gasteiger partial charge in [-0.2, -0.15) is 0 Å². The minimum Gasteiger partial charge on any atom is -0.455 e. The summed E-state index contributed by atoms with van der Waals surface area (Å²) in [5.74, 6) is -1.68. The molecule has 3 aromatic rings. The number of carbonyl (C=O) groups excluding carboxylic acids is 1. The second-order valence-corrected chi connectivity index (χ2v) is 5.60. The molecule has 24 heavy (non-hydrogen) atoms. The van der Waals surface area contributed by atoms with Gasteiger partial charge >= 0.3 is 5.97 Å². The molecule has 0 radical (unpaired) electrons. The largest absolute Gasteiger partial charge is 0.455 e. The Bertz CT molecular complexity index is 981. The van der Waals surface area contributed by atoms with Gasteiger partial charge in [-0.25, -0.2) is 14.2 Å². The summed E-state index contributed by atoms with van der Waals surface area (Å²) < 4.78 is 20.1. The molecule has 0 aliphatic rings. The molecule has 0 fully saturated rings. The molecule has 0 spiro atoms. The number of carbonyl (C=O) groups is 1. The number of pyridine rings is 1. The van der Waals surface area contributed by atoms with Crippen LogP contribution in [-0.4, -0.2) is 15.4 Å². The van der Waals surface area contributed by atoms with E-state index in [1.165, 1.54) is 22.6 Å². The van der Waals surface area contributed by atoms with Crippen LogP contribution in [0.4, 0.5) is 4.39 Å². The average molecular weight is 347 g/mol. The monoisotopic (exact) mass is 346 g/mol. The van der Waals surface area contributed by atoms with Crippen molar-refractivity contribution in [3.63, 3.8) is 0 Å². The molecule has 0 aliphatic heterocycles. The molecule has 7 heteroatoms. The van der Waals surface area contributed by atoms with Gasteiger partial charge < -0.3 is 4.74 Å². The van der Waals surface area contributed by atoms with Gasteiger partial charge in [-0.3, -0.25) is 9.20 Å². The third kappa shape index (κ3) is 3.14. The zero-order chi connectivity index (χ0) is 17.3. The van der Waals surface area contributed by atoms with Crippen molar-refractivity contribution in [1.82, 2.24) is 9.38 Å². The van der Waals surface area contributed by atoms with Crippen LogP contribution in [0.25, 0.3) is 5.65 Å². The van der Waals surface area contributed by atoms with Crippen molar-refractivity contribution in [2.24, 2.45) is 0 Å². The molecule has 2 heterocycles. The van der Waals surface area contributed by atoms with Gasteiger partial charge in [0.05, 0.1) is 10.7 Å². The molecule has 0 bridgehead atoms. The summed E-state index contributed by atoms with van der Waals surface area (Å²) >= 11 is 5.81. The predicted molar refractivity (Wildman–Crippen MR) is 86.7 cm³/mol. The third-order valence-corrected chi connectivity index (χ3v) is 3.69. The van der Waals surface area contributed by atoms with E-state index in [0.29, 0.717) is 5.65 Å². The van der Waals surface area contributed by atoms with Crippen LogP contribution in [0.15, 0.2) is 47.4 Å². The number of esters is 1. The number of aromatic nitrogens is 2. The lowest BCUT2D eigenvalue weighted by Crippen LogP contribution is -2.17. The topological polar surface area (TPSA) is 60.7 Å². The molecule has 3 rings (SSSR count). The standard InChI is InChI=1S/C17H12ClFN2O3/c1-10-5-6-14-20-11(7-15(22)21(14)8-10)9-24-17(23)16-12(18)3-2-4-13(16)19/h2-8H,9H2,1H3. The van der Waals surface area contributed by atoms with Crippen molar-refractivity contribution in [1.29, 1.82) is 0 Å². The summed E-state index contributed by atoms with van der Waals surface area (Å²) in [7, 11) is 0. The van der Waals surface area contributed by atoms with E-state index in [-0.39, 0.29) is 28.4 Å². The average Bonchev–Trinajstić information content (AvgIpc) is 2.53. The number of fused-ring (bicyclic) bond motifs is 1. The van der Waals surface area contributed by atoms with Gasteiger partial charge in [0.1, 0.15) is 23.6 Å². The van der Waals surface area contributed by atoms with Crippen molar-refractivity contribution < 1.29 is 13.9 Å². The molecule has 1 aromatic carbocycles. The first-order valence-electron chi connectivity index (χ1n) is 7.06. The molecule has 122 valence electrons. The molecule has 0 aliphatic carbocycles. The van der Waals surface area contributed by atoms with E-state index < -0.39 is 11.8 Å². The van der Waals surface area contributed by atoms with E-state index >= 15 is 0 Å². The van der Waals surface area contributed by atoms with Crippen molar-refractivity contribution in [2.45, 2.75) is 13.5 Å². The Labute approximate surface area is 141 Å². The number of hydrogen-bond acceptors (Lipinski definition) is 4. The van der Waals surface area contributed by atoms with E-state index in [2.05, 4.69) is 4.98 Å². The fourth-order valence-corrected chi connectivity index (χ4v) is 2.48. The first-order valence-corrected chi connectivity index (χ1v) is 7.43. The lowest BCUT2D eigenvalue weighted by atomic mass is 10.2. The number of aryl methyl sites for hydroxylation is 1. The first-order chi connectivity index (χ1) is 11.5. The number of halogens is 2. The smallest absolute Gasteiger partial charge is 0.343 e. The fourth-order valence-electron chi connectivity index (χ4n) is 2.24. The van der Waals surface area contributed by atoms with E-state index in [1.54, 1.807) is 12.3 Å². The molecule has 2 aromatic heterocycles. The van der Waals surface area contributed by atoms with Crippen LogP contribution in [0.2, 0.25) is 5.02 Å². The maximum atomic E-state index is 13.7. The SMILES string of the molecule is Cc1ccc2nc(COC(=O)c3c(F)cccc3Cl)cc(=O)n2c1. The fraction of sp³-hybridized carbons (Fsp3) is 0.118. The van der Waals surface area contributed by atoms with Gasteiger partial charge in [0.15, 0.2) is 0 Å². The van der Waals surface area contributed by atoms with Gasteiger partial charge in [0.2, 0.25) is 0 Å². The number of ether oxygens (including phenoxy) is 1. The van der Waals surface area contributed by atoms with Gasteiger partial charge in [-0.05, 0) is 30.7 Å². The van der Waals surface area contributed by atoms with E-state index in [0.717, 1.165) is 11.6 Å². The Morgan fingerprint density at radius 2 is 2.12 bits per heavy atom. The normalized spacial score (nSPS) is 10.8. The first kappa shape index (κ1) is 16.1. The molecular weight excluding hydrogens is 335 g/mol. The number of benzene rings is 1. The minimum atomic E-state index is -0.913. The predicted octanol–water partition coefficient (Wildman–Crippen LogP) is 3.15. The number of hydrogen-bond donors (Lipinski definition) is 0. The van der Waals surface area contributed by atoms with Gasteiger partial charge in [-0.15, -0.1) is 0 Å². The van der Waals surface area contributed by atoms with Crippen LogP contribution in [0, 0.1) is 12.7 Å². The highest BCUT2D eigenvalue weighted by Gasteiger charge is 2.17.